The Labute approximate surface area is 216 Å². The van der Waals surface area contributed by atoms with Gasteiger partial charge in [0.15, 0.2) is 0 Å². The summed E-state index contributed by atoms with van der Waals surface area (Å²) in [7, 11) is -3.74. The zero-order valence-corrected chi connectivity index (χ0v) is 23.3. The lowest BCUT2D eigenvalue weighted by Gasteiger charge is -2.31. The number of carbonyl (C=O) groups is 2. The number of rotatable bonds is 12. The van der Waals surface area contributed by atoms with Crippen LogP contribution < -0.4 is 9.62 Å². The van der Waals surface area contributed by atoms with Gasteiger partial charge < -0.3 is 10.2 Å². The summed E-state index contributed by atoms with van der Waals surface area (Å²) in [5.74, 6) is -0.667. The predicted octanol–water partition coefficient (Wildman–Crippen LogP) is 4.13. The van der Waals surface area contributed by atoms with E-state index in [4.69, 9.17) is 0 Å². The molecule has 0 aliphatic rings. The van der Waals surface area contributed by atoms with Crippen molar-refractivity contribution in [1.82, 2.24) is 10.2 Å². The molecule has 2 amide bonds. The summed E-state index contributed by atoms with van der Waals surface area (Å²) in [6.07, 6.45) is 3.44. The van der Waals surface area contributed by atoms with Crippen molar-refractivity contribution in [2.75, 3.05) is 30.2 Å². The highest BCUT2D eigenvalue weighted by Gasteiger charge is 2.29. The molecular weight excluding hydrogens is 474 g/mol. The lowest BCUT2D eigenvalue weighted by atomic mass is 9.87. The fourth-order valence-corrected chi connectivity index (χ4v) is 4.70. The Balaban J connectivity index is 2.29. The van der Waals surface area contributed by atoms with Gasteiger partial charge in [-0.2, -0.15) is 0 Å². The molecule has 0 fully saturated rings. The molecule has 0 saturated carbocycles. The zero-order valence-electron chi connectivity index (χ0n) is 22.5. The lowest BCUT2D eigenvalue weighted by Crippen LogP contribution is -2.52. The van der Waals surface area contributed by atoms with Crippen LogP contribution in [0.4, 0.5) is 5.69 Å². The molecule has 1 N–H and O–H groups in total. The molecule has 1 unspecified atom stereocenters. The van der Waals surface area contributed by atoms with Gasteiger partial charge in [-0.15, -0.1) is 0 Å². The van der Waals surface area contributed by atoms with Crippen LogP contribution in [0.3, 0.4) is 0 Å². The maximum absolute atomic E-state index is 13.5. The van der Waals surface area contributed by atoms with E-state index in [0.29, 0.717) is 25.2 Å². The Kier molecular flexibility index (Phi) is 10.5. The maximum Gasteiger partial charge on any atom is 0.244 e. The van der Waals surface area contributed by atoms with Crippen molar-refractivity contribution >= 4 is 27.5 Å². The van der Waals surface area contributed by atoms with E-state index in [0.717, 1.165) is 34.5 Å². The second kappa shape index (κ2) is 12.9. The average molecular weight is 516 g/mol. The molecule has 0 radical (unpaired) electrons. The van der Waals surface area contributed by atoms with Crippen molar-refractivity contribution in [1.29, 1.82) is 0 Å². The van der Waals surface area contributed by atoms with Gasteiger partial charge in [0.2, 0.25) is 21.8 Å². The van der Waals surface area contributed by atoms with Crippen LogP contribution in [0.2, 0.25) is 0 Å². The number of sulfonamides is 1. The lowest BCUT2D eigenvalue weighted by molar-refractivity contribution is -0.138. The number of carbonyl (C=O) groups excluding carboxylic acids is 2. The smallest absolute Gasteiger partial charge is 0.244 e. The van der Waals surface area contributed by atoms with Crippen molar-refractivity contribution in [3.63, 3.8) is 0 Å². The molecule has 2 aromatic rings. The highest BCUT2D eigenvalue weighted by molar-refractivity contribution is 7.92. The van der Waals surface area contributed by atoms with Crippen LogP contribution in [0.15, 0.2) is 54.6 Å². The van der Waals surface area contributed by atoms with Crippen molar-refractivity contribution < 1.29 is 18.0 Å². The standard InChI is InChI=1S/C28H41N3O4S/c1-7-8-19-29-27(33)22(2)30(20-18-23-12-10-9-11-13-23)26(32)21-31(36(6,34)35)25-16-14-24(15-17-25)28(3,4)5/h9-17,22H,7-8,18-21H2,1-6H3,(H,29,33). The number of nitrogens with one attached hydrogen (secondary N) is 1. The Bertz CT molecular complexity index is 1090. The normalized spacial score (nSPS) is 12.6. The number of nitrogens with zero attached hydrogens (tertiary/aromatic N) is 2. The van der Waals surface area contributed by atoms with E-state index in [-0.39, 0.29) is 17.9 Å². The molecule has 8 heteroatoms. The fraction of sp³-hybridized carbons (Fsp3) is 0.500. The van der Waals surface area contributed by atoms with Crippen LogP contribution in [-0.2, 0) is 31.4 Å². The van der Waals surface area contributed by atoms with Crippen molar-refractivity contribution in [2.45, 2.75) is 65.3 Å². The van der Waals surface area contributed by atoms with E-state index in [1.165, 1.54) is 4.90 Å². The molecular formula is C28H41N3O4S. The van der Waals surface area contributed by atoms with Crippen LogP contribution in [-0.4, -0.2) is 57.1 Å². The monoisotopic (exact) mass is 515 g/mol. The second-order valence-corrected chi connectivity index (χ2v) is 12.1. The molecule has 2 rings (SSSR count). The molecule has 0 spiro atoms. The number of anilines is 1. The number of hydrogen-bond acceptors (Lipinski definition) is 4. The third-order valence-electron chi connectivity index (χ3n) is 6.18. The first-order valence-corrected chi connectivity index (χ1v) is 14.4. The SMILES string of the molecule is CCCCNC(=O)C(C)N(CCc1ccccc1)C(=O)CN(c1ccc(C(C)(C)C)cc1)S(C)(=O)=O. The molecule has 0 bridgehead atoms. The van der Waals surface area contributed by atoms with Crippen LogP contribution in [0.25, 0.3) is 0 Å². The molecule has 0 saturated heterocycles. The number of amides is 2. The van der Waals surface area contributed by atoms with E-state index in [9.17, 15) is 18.0 Å². The van der Waals surface area contributed by atoms with E-state index in [1.807, 2.05) is 49.4 Å². The summed E-state index contributed by atoms with van der Waals surface area (Å²) in [5.41, 5.74) is 2.43. The quantitative estimate of drug-likeness (QED) is 0.431. The van der Waals surface area contributed by atoms with Gasteiger partial charge in [0.1, 0.15) is 12.6 Å². The third-order valence-corrected chi connectivity index (χ3v) is 7.32. The third kappa shape index (κ3) is 8.66. The first kappa shape index (κ1) is 29.4. The average Bonchev–Trinajstić information content (AvgIpc) is 2.82. The minimum absolute atomic E-state index is 0.0842. The summed E-state index contributed by atoms with van der Waals surface area (Å²) in [5, 5.41) is 2.89. The minimum atomic E-state index is -3.74. The van der Waals surface area contributed by atoms with Crippen molar-refractivity contribution in [3.8, 4) is 0 Å². The second-order valence-electron chi connectivity index (χ2n) is 10.2. The summed E-state index contributed by atoms with van der Waals surface area (Å²) in [6.45, 7) is 10.4. The molecule has 36 heavy (non-hydrogen) atoms. The van der Waals surface area contributed by atoms with Crippen LogP contribution >= 0.6 is 0 Å². The molecule has 0 heterocycles. The first-order valence-electron chi connectivity index (χ1n) is 12.5. The zero-order chi connectivity index (χ0) is 26.9. The van der Waals surface area contributed by atoms with Gasteiger partial charge in [0.05, 0.1) is 11.9 Å². The van der Waals surface area contributed by atoms with E-state index in [1.54, 1.807) is 19.1 Å². The highest BCUT2D eigenvalue weighted by atomic mass is 32.2. The number of unbranched alkanes of at least 4 members (excludes halogenated alkanes) is 1. The van der Waals surface area contributed by atoms with Gasteiger partial charge in [-0.1, -0.05) is 76.6 Å². The highest BCUT2D eigenvalue weighted by Crippen LogP contribution is 2.26. The van der Waals surface area contributed by atoms with Crippen molar-refractivity contribution in [2.24, 2.45) is 0 Å². The van der Waals surface area contributed by atoms with Gasteiger partial charge >= 0.3 is 0 Å². The first-order chi connectivity index (χ1) is 16.8. The molecule has 7 nitrogen and oxygen atoms in total. The predicted molar refractivity (Wildman–Crippen MR) is 147 cm³/mol. The van der Waals surface area contributed by atoms with Gasteiger partial charge in [-0.3, -0.25) is 13.9 Å². The largest absolute Gasteiger partial charge is 0.354 e. The van der Waals surface area contributed by atoms with Crippen molar-refractivity contribution in [3.05, 3.63) is 65.7 Å². The van der Waals surface area contributed by atoms with Crippen LogP contribution in [0.5, 0.6) is 0 Å². The molecule has 0 aliphatic heterocycles. The Morgan fingerprint density at radius 3 is 2.14 bits per heavy atom. The van der Waals surface area contributed by atoms with E-state index < -0.39 is 22.0 Å². The topological polar surface area (TPSA) is 86.8 Å². The summed E-state index contributed by atoms with van der Waals surface area (Å²) in [4.78, 5) is 27.8. The summed E-state index contributed by atoms with van der Waals surface area (Å²) < 4.78 is 26.5. The maximum atomic E-state index is 13.5. The van der Waals surface area contributed by atoms with E-state index in [2.05, 4.69) is 26.1 Å². The molecule has 198 valence electrons. The van der Waals surface area contributed by atoms with E-state index >= 15 is 0 Å². The number of hydrogen-bond donors (Lipinski definition) is 1. The molecule has 0 aromatic heterocycles. The molecule has 1 atom stereocenters. The number of benzene rings is 2. The van der Waals surface area contributed by atoms with Gasteiger partial charge in [-0.25, -0.2) is 8.42 Å². The summed E-state index contributed by atoms with van der Waals surface area (Å²) >= 11 is 0. The minimum Gasteiger partial charge on any atom is -0.354 e. The Morgan fingerprint density at radius 1 is 1.00 bits per heavy atom. The van der Waals surface area contributed by atoms with Gasteiger partial charge in [0, 0.05) is 13.1 Å². The van der Waals surface area contributed by atoms with Crippen LogP contribution in [0, 0.1) is 0 Å². The van der Waals surface area contributed by atoms with Gasteiger partial charge in [0.25, 0.3) is 0 Å². The fourth-order valence-electron chi connectivity index (χ4n) is 3.85. The molecule has 0 aliphatic carbocycles. The van der Waals surface area contributed by atoms with Gasteiger partial charge in [-0.05, 0) is 48.4 Å². The Hall–Kier alpha value is -2.87. The summed E-state index contributed by atoms with van der Waals surface area (Å²) in [6, 6.07) is 16.2. The van der Waals surface area contributed by atoms with Crippen LogP contribution in [0.1, 0.15) is 58.6 Å². The Morgan fingerprint density at radius 2 is 1.61 bits per heavy atom. The molecule has 2 aromatic carbocycles.